The Morgan fingerprint density at radius 2 is 1.72 bits per heavy atom. The molecule has 0 amide bonds. The quantitative estimate of drug-likeness (QED) is 0.811. The van der Waals surface area contributed by atoms with Crippen molar-refractivity contribution in [3.8, 4) is 11.4 Å². The summed E-state index contributed by atoms with van der Waals surface area (Å²) in [5.74, 6) is 1.41. The lowest BCUT2D eigenvalue weighted by Crippen LogP contribution is -2.37. The maximum atomic E-state index is 4.34. The van der Waals surface area contributed by atoms with Crippen LogP contribution in [0, 0.1) is 0 Å². The number of hydrazone groups is 1. The molecule has 0 saturated carbocycles. The third-order valence-electron chi connectivity index (χ3n) is 2.54. The highest BCUT2D eigenvalue weighted by molar-refractivity contribution is 5.98. The molecule has 90 valence electrons. The van der Waals surface area contributed by atoms with Crippen molar-refractivity contribution in [2.75, 3.05) is 7.05 Å². The van der Waals surface area contributed by atoms with Crippen LogP contribution in [0.3, 0.4) is 0 Å². The molecule has 0 aliphatic carbocycles. The number of amidine groups is 1. The molecule has 18 heavy (non-hydrogen) atoms. The van der Waals surface area contributed by atoms with E-state index in [1.165, 1.54) is 0 Å². The molecule has 0 unspecified atom stereocenters. The maximum Gasteiger partial charge on any atom is 0.173 e. The van der Waals surface area contributed by atoms with Crippen molar-refractivity contribution in [2.45, 2.75) is 0 Å². The van der Waals surface area contributed by atoms with Crippen molar-refractivity contribution in [3.63, 3.8) is 0 Å². The Labute approximate surface area is 104 Å². The van der Waals surface area contributed by atoms with Gasteiger partial charge in [0.1, 0.15) is 0 Å². The number of aromatic nitrogens is 2. The molecule has 0 atom stereocenters. The fraction of sp³-hybridized carbons (Fsp3) is 0.0833. The zero-order chi connectivity index (χ0) is 12.4. The first-order chi connectivity index (χ1) is 8.83. The Balaban J connectivity index is 1.86. The lowest BCUT2D eigenvalue weighted by Gasteiger charge is -2.07. The van der Waals surface area contributed by atoms with Crippen molar-refractivity contribution in [3.05, 3.63) is 48.3 Å². The summed E-state index contributed by atoms with van der Waals surface area (Å²) in [4.78, 5) is 8.68. The van der Waals surface area contributed by atoms with Gasteiger partial charge < -0.3 is 0 Å². The number of nitrogens with one attached hydrogen (secondary N) is 2. The highest BCUT2D eigenvalue weighted by Gasteiger charge is 2.13. The zero-order valence-electron chi connectivity index (χ0n) is 9.83. The van der Waals surface area contributed by atoms with Gasteiger partial charge in [0, 0.05) is 25.0 Å². The van der Waals surface area contributed by atoms with Gasteiger partial charge >= 0.3 is 0 Å². The van der Waals surface area contributed by atoms with E-state index >= 15 is 0 Å². The van der Waals surface area contributed by atoms with Crippen molar-refractivity contribution < 1.29 is 0 Å². The molecule has 0 radical (unpaired) electrons. The van der Waals surface area contributed by atoms with Gasteiger partial charge in [0.05, 0.1) is 5.56 Å². The monoisotopic (exact) mass is 240 g/mol. The third kappa shape index (κ3) is 2.01. The summed E-state index contributed by atoms with van der Waals surface area (Å²) in [6, 6.07) is 9.87. The van der Waals surface area contributed by atoms with Crippen LogP contribution in [0.15, 0.2) is 47.8 Å². The molecule has 1 aromatic carbocycles. The minimum atomic E-state index is 0.706. The fourth-order valence-electron chi connectivity index (χ4n) is 1.65. The molecule has 0 saturated heterocycles. The van der Waals surface area contributed by atoms with Crippen LogP contribution < -0.4 is 11.0 Å². The van der Waals surface area contributed by atoms with E-state index in [4.69, 9.17) is 0 Å². The number of hydrogen-bond acceptors (Lipinski definition) is 6. The van der Waals surface area contributed by atoms with Crippen LogP contribution in [0.2, 0.25) is 0 Å². The van der Waals surface area contributed by atoms with Gasteiger partial charge in [-0.2, -0.15) is 0 Å². The Morgan fingerprint density at radius 1 is 1.00 bits per heavy atom. The number of benzene rings is 1. The summed E-state index contributed by atoms with van der Waals surface area (Å²) < 4.78 is 0. The Kier molecular flexibility index (Phi) is 2.62. The second-order valence-corrected chi connectivity index (χ2v) is 3.89. The second kappa shape index (κ2) is 4.42. The van der Waals surface area contributed by atoms with Gasteiger partial charge in [-0.1, -0.05) is 30.3 Å². The van der Waals surface area contributed by atoms with Crippen LogP contribution in [-0.2, 0) is 0 Å². The van der Waals surface area contributed by atoms with Crippen LogP contribution in [0.4, 0.5) is 0 Å². The van der Waals surface area contributed by atoms with E-state index < -0.39 is 0 Å². The van der Waals surface area contributed by atoms with Gasteiger partial charge in [0.2, 0.25) is 0 Å². The molecule has 1 aromatic heterocycles. The number of hydrogen-bond donors (Lipinski definition) is 2. The first-order valence-corrected chi connectivity index (χ1v) is 5.54. The minimum Gasteiger partial charge on any atom is -0.282 e. The predicted molar refractivity (Wildman–Crippen MR) is 68.0 cm³/mol. The molecule has 0 spiro atoms. The molecule has 2 N–H and O–H groups in total. The SMILES string of the molecule is CN1NN=C(c2cnc(-c3ccccc3)nc2)N1. The Morgan fingerprint density at radius 3 is 2.33 bits per heavy atom. The normalized spacial score (nSPS) is 14.8. The molecule has 6 heteroatoms. The van der Waals surface area contributed by atoms with Crippen LogP contribution >= 0.6 is 0 Å². The maximum absolute atomic E-state index is 4.34. The highest BCUT2D eigenvalue weighted by atomic mass is 15.9. The average Bonchev–Trinajstić information content (AvgIpc) is 2.87. The topological polar surface area (TPSA) is 65.4 Å². The van der Waals surface area contributed by atoms with E-state index in [9.17, 15) is 0 Å². The summed E-state index contributed by atoms with van der Waals surface area (Å²) in [7, 11) is 1.83. The van der Waals surface area contributed by atoms with E-state index in [2.05, 4.69) is 26.0 Å². The van der Waals surface area contributed by atoms with Crippen LogP contribution in [0.1, 0.15) is 5.56 Å². The van der Waals surface area contributed by atoms with Crippen molar-refractivity contribution in [1.29, 1.82) is 0 Å². The molecule has 0 fully saturated rings. The average molecular weight is 240 g/mol. The van der Waals surface area contributed by atoms with Crippen LogP contribution in [0.5, 0.6) is 0 Å². The fourth-order valence-corrected chi connectivity index (χ4v) is 1.65. The minimum absolute atomic E-state index is 0.706. The van der Waals surface area contributed by atoms with Gasteiger partial charge in [-0.05, 0) is 0 Å². The largest absolute Gasteiger partial charge is 0.282 e. The van der Waals surface area contributed by atoms with E-state index in [1.807, 2.05) is 37.4 Å². The molecule has 2 heterocycles. The third-order valence-corrected chi connectivity index (χ3v) is 2.54. The summed E-state index contributed by atoms with van der Waals surface area (Å²) >= 11 is 0. The van der Waals surface area contributed by atoms with E-state index in [0.29, 0.717) is 11.7 Å². The standard InChI is InChI=1S/C12H12N6/c1-18-16-12(15-17-18)10-7-13-11(14-8-10)9-5-3-2-4-6-9/h2-8,17H,1H3,(H,15,16). The molecule has 1 aliphatic heterocycles. The molecular weight excluding hydrogens is 228 g/mol. The molecule has 0 bridgehead atoms. The molecule has 2 aromatic rings. The summed E-state index contributed by atoms with van der Waals surface area (Å²) in [5.41, 5.74) is 7.63. The van der Waals surface area contributed by atoms with E-state index in [1.54, 1.807) is 17.5 Å². The number of rotatable bonds is 2. The lowest BCUT2D eigenvalue weighted by molar-refractivity contribution is 0.232. The van der Waals surface area contributed by atoms with Crippen LogP contribution in [0.25, 0.3) is 11.4 Å². The highest BCUT2D eigenvalue weighted by Crippen LogP contribution is 2.13. The Hall–Kier alpha value is -2.47. The van der Waals surface area contributed by atoms with Gasteiger partial charge in [-0.25, -0.2) is 15.5 Å². The lowest BCUT2D eigenvalue weighted by atomic mass is 10.2. The Bertz CT molecular complexity index is 563. The van der Waals surface area contributed by atoms with Gasteiger partial charge in [0.15, 0.2) is 11.7 Å². The molecule has 3 rings (SSSR count). The van der Waals surface area contributed by atoms with Crippen molar-refractivity contribution >= 4 is 5.84 Å². The number of hydrazine groups is 2. The van der Waals surface area contributed by atoms with Gasteiger partial charge in [0.25, 0.3) is 0 Å². The summed E-state index contributed by atoms with van der Waals surface area (Å²) in [6.07, 6.45) is 3.50. The first kappa shape index (κ1) is 10.7. The zero-order valence-corrected chi connectivity index (χ0v) is 9.83. The summed E-state index contributed by atoms with van der Waals surface area (Å²) in [5, 5.41) is 5.74. The van der Waals surface area contributed by atoms with E-state index in [0.717, 1.165) is 11.1 Å². The van der Waals surface area contributed by atoms with Crippen molar-refractivity contribution in [1.82, 2.24) is 26.0 Å². The predicted octanol–water partition coefficient (Wildman–Crippen LogP) is 0.760. The smallest absolute Gasteiger partial charge is 0.173 e. The number of nitrogens with zero attached hydrogens (tertiary/aromatic N) is 4. The molecule has 1 aliphatic rings. The molecular formula is C12H12N6. The van der Waals surface area contributed by atoms with Gasteiger partial charge in [-0.3, -0.25) is 5.43 Å². The first-order valence-electron chi connectivity index (χ1n) is 5.54. The van der Waals surface area contributed by atoms with Crippen molar-refractivity contribution in [2.24, 2.45) is 5.10 Å². The molecule has 6 nitrogen and oxygen atoms in total. The van der Waals surface area contributed by atoms with E-state index in [-0.39, 0.29) is 0 Å². The summed E-state index contributed by atoms with van der Waals surface area (Å²) in [6.45, 7) is 0. The second-order valence-electron chi connectivity index (χ2n) is 3.89. The van der Waals surface area contributed by atoms with Gasteiger partial charge in [-0.15, -0.1) is 10.2 Å². The van der Waals surface area contributed by atoms with Crippen LogP contribution in [-0.4, -0.2) is 28.0 Å².